The Morgan fingerprint density at radius 1 is 0.667 bits per heavy atom. The third kappa shape index (κ3) is 5.95. The smallest absolute Gasteiger partial charge is 0.363 e. The van der Waals surface area contributed by atoms with Crippen LogP contribution in [0.25, 0.3) is 0 Å². The van der Waals surface area contributed by atoms with E-state index in [1.54, 1.807) is 29.3 Å². The molecule has 0 spiro atoms. The minimum Gasteiger partial charge on any atom is -0.363 e. The van der Waals surface area contributed by atoms with Gasteiger partial charge in [-0.1, -0.05) is 121 Å². The van der Waals surface area contributed by atoms with Gasteiger partial charge in [0.2, 0.25) is 4.79 Å². The molecule has 3 atom stereocenters. The molecular formula is C38H33NO3+. The van der Waals surface area contributed by atoms with Gasteiger partial charge in [-0.25, -0.2) is 4.79 Å². The Morgan fingerprint density at radius 3 is 1.64 bits per heavy atom. The summed E-state index contributed by atoms with van der Waals surface area (Å²) in [6, 6.07) is 47.2. The monoisotopic (exact) mass is 551 g/mol. The summed E-state index contributed by atoms with van der Waals surface area (Å²) >= 11 is 0. The second kappa shape index (κ2) is 12.4. The SMILES string of the molecule is C[C@H](c1ccccc1)N(Cc1ccccc1)OC(=O)c1ccc(C(=[O+])C2[C@@H](c3ccccc3)[C@@H]2c2ccccc2)cc1. The number of carbonyl (C=O) groups excluding carboxylic acids is 2. The van der Waals surface area contributed by atoms with Crippen LogP contribution in [0.5, 0.6) is 0 Å². The fourth-order valence-corrected chi connectivity index (χ4v) is 5.85. The molecule has 0 amide bonds. The van der Waals surface area contributed by atoms with Crippen molar-refractivity contribution in [3.05, 3.63) is 179 Å². The maximum absolute atomic E-state index is 13.8. The molecule has 1 fully saturated rings. The fraction of sp³-hybridized carbons (Fsp3) is 0.158. The quantitative estimate of drug-likeness (QED) is 0.0993. The molecule has 1 aliphatic rings. The van der Waals surface area contributed by atoms with Crippen LogP contribution in [0.1, 0.15) is 67.8 Å². The zero-order valence-corrected chi connectivity index (χ0v) is 23.5. The van der Waals surface area contributed by atoms with Gasteiger partial charge in [0.05, 0.1) is 23.7 Å². The molecule has 42 heavy (non-hydrogen) atoms. The van der Waals surface area contributed by atoms with Crippen LogP contribution in [0.3, 0.4) is 0 Å². The van der Waals surface area contributed by atoms with Crippen LogP contribution in [0, 0.1) is 5.92 Å². The van der Waals surface area contributed by atoms with E-state index in [4.69, 9.17) is 4.84 Å². The van der Waals surface area contributed by atoms with Gasteiger partial charge in [-0.15, -0.1) is 5.06 Å². The van der Waals surface area contributed by atoms with Gasteiger partial charge in [0.25, 0.3) is 0 Å². The summed E-state index contributed by atoms with van der Waals surface area (Å²) in [7, 11) is 0. The molecular weight excluding hydrogens is 518 g/mol. The average molecular weight is 552 g/mol. The largest absolute Gasteiger partial charge is 0.478 e. The van der Waals surface area contributed by atoms with Gasteiger partial charge in [-0.05, 0) is 53.4 Å². The van der Waals surface area contributed by atoms with Gasteiger partial charge >= 0.3 is 11.8 Å². The third-order valence-electron chi connectivity index (χ3n) is 8.19. The standard InChI is InChI=1S/C38H33NO3/c1-27(29-16-8-3-9-17-29)39(26-28-14-6-2-7-15-28)42-38(41)33-24-22-32(23-25-33)37(40)36-34(30-18-10-4-11-19-30)35(36)31-20-12-5-13-21-31/h2-25,27,34-36H,26H2,1H3/q+1/t27-,34+,35+/m1/s1. The van der Waals surface area contributed by atoms with Crippen molar-refractivity contribution in [1.29, 1.82) is 0 Å². The molecule has 0 heterocycles. The van der Waals surface area contributed by atoms with Gasteiger partial charge in [0.1, 0.15) is 5.92 Å². The van der Waals surface area contributed by atoms with Crippen molar-refractivity contribution in [3.63, 3.8) is 0 Å². The van der Waals surface area contributed by atoms with Crippen LogP contribution in [-0.2, 0) is 11.4 Å². The molecule has 0 bridgehead atoms. The summed E-state index contributed by atoms with van der Waals surface area (Å²) < 4.78 is 0. The molecule has 5 aromatic carbocycles. The Hall–Kier alpha value is -4.80. The van der Waals surface area contributed by atoms with E-state index >= 15 is 0 Å². The van der Waals surface area contributed by atoms with E-state index in [0.717, 1.165) is 11.1 Å². The highest BCUT2D eigenvalue weighted by Crippen LogP contribution is 2.61. The van der Waals surface area contributed by atoms with Crippen molar-refractivity contribution in [1.82, 2.24) is 5.06 Å². The highest BCUT2D eigenvalue weighted by atomic mass is 16.7. The number of hydrogen-bond donors (Lipinski definition) is 0. The summed E-state index contributed by atoms with van der Waals surface area (Å²) in [6.07, 6.45) is 0. The molecule has 6 rings (SSSR count). The molecule has 0 unspecified atom stereocenters. The maximum atomic E-state index is 13.8. The lowest BCUT2D eigenvalue weighted by molar-refractivity contribution is -0.143. The first-order valence-electron chi connectivity index (χ1n) is 14.4. The summed E-state index contributed by atoms with van der Waals surface area (Å²) in [5.41, 5.74) is 5.45. The number of hydroxylamine groups is 2. The van der Waals surface area contributed by atoms with Gasteiger partial charge in [0, 0.05) is 11.8 Å². The van der Waals surface area contributed by atoms with Gasteiger partial charge < -0.3 is 4.84 Å². The van der Waals surface area contributed by atoms with Crippen LogP contribution in [0.4, 0.5) is 0 Å². The molecule has 1 radical (unpaired) electrons. The van der Waals surface area contributed by atoms with E-state index in [9.17, 15) is 9.59 Å². The number of rotatable bonds is 10. The molecule has 207 valence electrons. The second-order valence-corrected chi connectivity index (χ2v) is 10.9. The van der Waals surface area contributed by atoms with Gasteiger partial charge in [0.15, 0.2) is 0 Å². The lowest BCUT2D eigenvalue weighted by Gasteiger charge is -2.28. The van der Waals surface area contributed by atoms with Crippen LogP contribution in [-0.4, -0.2) is 16.8 Å². The van der Waals surface area contributed by atoms with Crippen molar-refractivity contribution >= 4 is 11.8 Å². The normalized spacial score (nSPS) is 18.3. The molecule has 0 aliphatic heterocycles. The first kappa shape index (κ1) is 27.4. The van der Waals surface area contributed by atoms with Crippen molar-refractivity contribution in [2.45, 2.75) is 31.3 Å². The molecule has 1 saturated carbocycles. The van der Waals surface area contributed by atoms with Crippen molar-refractivity contribution in [2.75, 3.05) is 0 Å². The van der Waals surface area contributed by atoms with E-state index in [0.29, 0.717) is 17.7 Å². The van der Waals surface area contributed by atoms with Crippen LogP contribution >= 0.6 is 0 Å². The van der Waals surface area contributed by atoms with Crippen LogP contribution in [0.2, 0.25) is 0 Å². The molecule has 0 N–H and O–H groups in total. The number of ketones is 1. The molecule has 0 saturated heterocycles. The topological polar surface area (TPSA) is 49.4 Å². The number of Topliss-reactive ketones (excluding diaryl/α,β-unsaturated/α-hetero) is 1. The number of benzene rings is 5. The first-order valence-corrected chi connectivity index (χ1v) is 14.4. The van der Waals surface area contributed by atoms with Gasteiger partial charge in [-0.3, -0.25) is 0 Å². The molecule has 1 aliphatic carbocycles. The van der Waals surface area contributed by atoms with E-state index in [1.165, 1.54) is 11.1 Å². The predicted molar refractivity (Wildman–Crippen MR) is 165 cm³/mol. The minimum atomic E-state index is -0.455. The Labute approximate surface area is 247 Å². The summed E-state index contributed by atoms with van der Waals surface area (Å²) in [5.74, 6) is -0.223. The Morgan fingerprint density at radius 2 is 1.12 bits per heavy atom. The Balaban J connectivity index is 1.19. The third-order valence-corrected chi connectivity index (χ3v) is 8.19. The van der Waals surface area contributed by atoms with Gasteiger partial charge in [-0.2, -0.15) is 0 Å². The average Bonchev–Trinajstić information content (AvgIpc) is 3.81. The van der Waals surface area contributed by atoms with E-state index < -0.39 is 5.97 Å². The molecule has 4 nitrogen and oxygen atoms in total. The fourth-order valence-electron chi connectivity index (χ4n) is 5.85. The highest BCUT2D eigenvalue weighted by Gasteiger charge is 2.61. The van der Waals surface area contributed by atoms with E-state index in [1.807, 2.05) is 104 Å². The van der Waals surface area contributed by atoms with Crippen molar-refractivity contribution in [3.8, 4) is 0 Å². The number of nitrogens with zero attached hydrogens (tertiary/aromatic N) is 1. The van der Waals surface area contributed by atoms with E-state index in [2.05, 4.69) is 24.3 Å². The second-order valence-electron chi connectivity index (χ2n) is 10.9. The number of carbonyl (C=O) groups is 2. The summed E-state index contributed by atoms with van der Waals surface area (Å²) in [4.78, 5) is 33.1. The molecule has 4 heteroatoms. The number of hydrogen-bond acceptors (Lipinski definition) is 4. The maximum Gasteiger partial charge on any atom is 0.478 e. The highest BCUT2D eigenvalue weighted by molar-refractivity contribution is 6.02. The first-order chi connectivity index (χ1) is 20.6. The zero-order valence-electron chi connectivity index (χ0n) is 23.5. The lowest BCUT2D eigenvalue weighted by atomic mass is 10.0. The van der Waals surface area contributed by atoms with E-state index in [-0.39, 0.29) is 29.6 Å². The summed E-state index contributed by atoms with van der Waals surface area (Å²) in [5, 5.41) is 1.71. The van der Waals surface area contributed by atoms with Crippen LogP contribution in [0.15, 0.2) is 146 Å². The Kier molecular flexibility index (Phi) is 8.07. The summed E-state index contributed by atoms with van der Waals surface area (Å²) in [6.45, 7) is 2.47. The lowest BCUT2D eigenvalue weighted by Crippen LogP contribution is -2.30. The molecule has 5 aromatic rings. The van der Waals surface area contributed by atoms with Crippen molar-refractivity contribution < 1.29 is 14.4 Å². The molecule has 0 aromatic heterocycles. The minimum absolute atomic E-state index is 0.0982. The van der Waals surface area contributed by atoms with Crippen LogP contribution < -0.4 is 0 Å². The zero-order chi connectivity index (χ0) is 28.9. The Bertz CT molecular complexity index is 1580. The van der Waals surface area contributed by atoms with Crippen molar-refractivity contribution in [2.24, 2.45) is 5.92 Å². The predicted octanol–water partition coefficient (Wildman–Crippen LogP) is 8.40.